The predicted molar refractivity (Wildman–Crippen MR) is 105 cm³/mol. The Bertz CT molecular complexity index is 832. The van der Waals surface area contributed by atoms with Crippen molar-refractivity contribution in [3.8, 4) is 0 Å². The Balaban J connectivity index is 1.45. The number of furan rings is 1. The minimum Gasteiger partial charge on any atom is -0.467 e. The number of hydrogen-bond acceptors (Lipinski definition) is 4. The van der Waals surface area contributed by atoms with Crippen LogP contribution in [0.4, 0.5) is 5.69 Å². The summed E-state index contributed by atoms with van der Waals surface area (Å²) < 4.78 is 10.9. The molecule has 2 aromatic carbocycles. The standard InChI is InChI=1S/C22H24N2O3/c1-24(14-18-7-3-2-4-8-18)15-22(25)23-20-10-5-9-19(13-20)16-26-17-21-11-6-12-27-21/h2-13H,14-17H2,1H3,(H,23,25). The van der Waals surface area contributed by atoms with Crippen molar-refractivity contribution < 1.29 is 13.9 Å². The molecule has 27 heavy (non-hydrogen) atoms. The molecule has 1 heterocycles. The number of rotatable bonds is 9. The molecule has 3 aromatic rings. The quantitative estimate of drug-likeness (QED) is 0.622. The molecule has 0 saturated heterocycles. The Kier molecular flexibility index (Phi) is 6.79. The third-order valence-electron chi connectivity index (χ3n) is 4.01. The number of amides is 1. The fourth-order valence-corrected chi connectivity index (χ4v) is 2.80. The molecule has 0 radical (unpaired) electrons. The van der Waals surface area contributed by atoms with Crippen molar-refractivity contribution in [2.45, 2.75) is 19.8 Å². The fourth-order valence-electron chi connectivity index (χ4n) is 2.80. The first-order chi connectivity index (χ1) is 13.2. The van der Waals surface area contributed by atoms with Gasteiger partial charge in [0.25, 0.3) is 0 Å². The van der Waals surface area contributed by atoms with Gasteiger partial charge in [0.15, 0.2) is 0 Å². The lowest BCUT2D eigenvalue weighted by atomic mass is 10.2. The monoisotopic (exact) mass is 364 g/mol. The highest BCUT2D eigenvalue weighted by atomic mass is 16.5. The van der Waals surface area contributed by atoms with E-state index in [1.807, 2.05) is 66.5 Å². The van der Waals surface area contributed by atoms with Crippen LogP contribution in [0.2, 0.25) is 0 Å². The number of nitrogens with one attached hydrogen (secondary N) is 1. The Hall–Kier alpha value is -2.89. The summed E-state index contributed by atoms with van der Waals surface area (Å²) in [6, 6.07) is 21.5. The topological polar surface area (TPSA) is 54.7 Å². The molecule has 5 nitrogen and oxygen atoms in total. The number of ether oxygens (including phenoxy) is 1. The average molecular weight is 364 g/mol. The van der Waals surface area contributed by atoms with E-state index in [2.05, 4.69) is 17.4 Å². The van der Waals surface area contributed by atoms with E-state index in [9.17, 15) is 4.79 Å². The van der Waals surface area contributed by atoms with E-state index in [-0.39, 0.29) is 5.91 Å². The molecule has 0 bridgehead atoms. The van der Waals surface area contributed by atoms with Crippen LogP contribution in [-0.2, 0) is 29.3 Å². The Labute approximate surface area is 159 Å². The zero-order valence-electron chi connectivity index (χ0n) is 15.4. The zero-order valence-corrected chi connectivity index (χ0v) is 15.4. The second kappa shape index (κ2) is 9.71. The highest BCUT2D eigenvalue weighted by Gasteiger charge is 2.08. The van der Waals surface area contributed by atoms with Crippen molar-refractivity contribution in [1.82, 2.24) is 4.90 Å². The van der Waals surface area contributed by atoms with E-state index in [4.69, 9.17) is 9.15 Å². The van der Waals surface area contributed by atoms with Crippen LogP contribution in [-0.4, -0.2) is 24.4 Å². The van der Waals surface area contributed by atoms with E-state index >= 15 is 0 Å². The minimum absolute atomic E-state index is 0.0397. The number of benzene rings is 2. The van der Waals surface area contributed by atoms with Crippen molar-refractivity contribution in [3.05, 3.63) is 89.9 Å². The molecule has 0 fully saturated rings. The van der Waals surface area contributed by atoms with Crippen LogP contribution >= 0.6 is 0 Å². The number of anilines is 1. The van der Waals surface area contributed by atoms with Crippen molar-refractivity contribution in [2.75, 3.05) is 18.9 Å². The largest absolute Gasteiger partial charge is 0.467 e. The highest BCUT2D eigenvalue weighted by Crippen LogP contribution is 2.13. The number of carbonyl (C=O) groups excluding carboxylic acids is 1. The van der Waals surface area contributed by atoms with Crippen molar-refractivity contribution in [3.63, 3.8) is 0 Å². The third kappa shape index (κ3) is 6.40. The van der Waals surface area contributed by atoms with Gasteiger partial charge in [-0.2, -0.15) is 0 Å². The van der Waals surface area contributed by atoms with Gasteiger partial charge in [0, 0.05) is 12.2 Å². The molecule has 0 saturated carbocycles. The van der Waals surface area contributed by atoms with Crippen molar-refractivity contribution >= 4 is 11.6 Å². The maximum absolute atomic E-state index is 12.3. The second-order valence-corrected chi connectivity index (χ2v) is 6.48. The fraction of sp³-hybridized carbons (Fsp3) is 0.227. The first kappa shape index (κ1) is 18.9. The maximum atomic E-state index is 12.3. The number of nitrogens with zero attached hydrogens (tertiary/aromatic N) is 1. The van der Waals surface area contributed by atoms with Gasteiger partial charge in [-0.3, -0.25) is 9.69 Å². The van der Waals surface area contributed by atoms with Crippen LogP contribution in [0, 0.1) is 0 Å². The lowest BCUT2D eigenvalue weighted by Gasteiger charge is -2.16. The van der Waals surface area contributed by atoms with Crippen LogP contribution in [0.15, 0.2) is 77.4 Å². The summed E-state index contributed by atoms with van der Waals surface area (Å²) in [5.41, 5.74) is 2.95. The highest BCUT2D eigenvalue weighted by molar-refractivity contribution is 5.92. The van der Waals surface area contributed by atoms with Crippen LogP contribution in [0.25, 0.3) is 0 Å². The summed E-state index contributed by atoms with van der Waals surface area (Å²) in [6.07, 6.45) is 1.63. The summed E-state index contributed by atoms with van der Waals surface area (Å²) in [5.74, 6) is 0.753. The molecule has 1 aromatic heterocycles. The van der Waals surface area contributed by atoms with Gasteiger partial charge in [-0.25, -0.2) is 0 Å². The van der Waals surface area contributed by atoms with Gasteiger partial charge in [0.05, 0.1) is 19.4 Å². The normalized spacial score (nSPS) is 10.9. The molecule has 140 valence electrons. The molecular formula is C22H24N2O3. The Morgan fingerprint density at radius 3 is 2.59 bits per heavy atom. The van der Waals surface area contributed by atoms with Gasteiger partial charge in [-0.05, 0) is 42.4 Å². The summed E-state index contributed by atoms with van der Waals surface area (Å²) in [4.78, 5) is 14.3. The van der Waals surface area contributed by atoms with Gasteiger partial charge in [-0.1, -0.05) is 42.5 Å². The van der Waals surface area contributed by atoms with Gasteiger partial charge in [0.2, 0.25) is 5.91 Å². The van der Waals surface area contributed by atoms with E-state index in [1.54, 1.807) is 6.26 Å². The lowest BCUT2D eigenvalue weighted by Crippen LogP contribution is -2.29. The molecule has 0 unspecified atom stereocenters. The minimum atomic E-state index is -0.0397. The summed E-state index contributed by atoms with van der Waals surface area (Å²) >= 11 is 0. The maximum Gasteiger partial charge on any atom is 0.238 e. The first-order valence-electron chi connectivity index (χ1n) is 8.90. The SMILES string of the molecule is CN(CC(=O)Nc1cccc(COCc2ccco2)c1)Cc1ccccc1. The summed E-state index contributed by atoms with van der Waals surface area (Å²) in [6.45, 7) is 1.94. The molecule has 0 aliphatic rings. The van der Waals surface area contributed by atoms with Crippen molar-refractivity contribution in [1.29, 1.82) is 0 Å². The van der Waals surface area contributed by atoms with E-state index in [1.165, 1.54) is 5.56 Å². The number of likely N-dealkylation sites (N-methyl/N-ethyl adjacent to an activating group) is 1. The van der Waals surface area contributed by atoms with Crippen LogP contribution < -0.4 is 5.32 Å². The lowest BCUT2D eigenvalue weighted by molar-refractivity contribution is -0.117. The number of hydrogen-bond donors (Lipinski definition) is 1. The molecule has 0 aliphatic carbocycles. The van der Waals surface area contributed by atoms with Gasteiger partial charge in [-0.15, -0.1) is 0 Å². The molecule has 1 N–H and O–H groups in total. The molecular weight excluding hydrogens is 340 g/mol. The van der Waals surface area contributed by atoms with Crippen LogP contribution in [0.1, 0.15) is 16.9 Å². The molecule has 0 atom stereocenters. The molecule has 3 rings (SSSR count). The zero-order chi connectivity index (χ0) is 18.9. The van der Waals surface area contributed by atoms with Crippen LogP contribution in [0.3, 0.4) is 0 Å². The van der Waals surface area contributed by atoms with Gasteiger partial charge >= 0.3 is 0 Å². The first-order valence-corrected chi connectivity index (χ1v) is 8.90. The third-order valence-corrected chi connectivity index (χ3v) is 4.01. The molecule has 1 amide bonds. The Morgan fingerprint density at radius 1 is 1.00 bits per heavy atom. The van der Waals surface area contributed by atoms with Gasteiger partial charge < -0.3 is 14.5 Å². The Morgan fingerprint density at radius 2 is 1.81 bits per heavy atom. The average Bonchev–Trinajstić information content (AvgIpc) is 3.16. The second-order valence-electron chi connectivity index (χ2n) is 6.48. The summed E-state index contributed by atoms with van der Waals surface area (Å²) in [5, 5.41) is 2.95. The molecule has 0 aliphatic heterocycles. The molecule has 5 heteroatoms. The van der Waals surface area contributed by atoms with E-state index in [0.29, 0.717) is 19.8 Å². The number of carbonyl (C=O) groups is 1. The predicted octanol–water partition coefficient (Wildman–Crippen LogP) is 4.07. The van der Waals surface area contributed by atoms with Crippen LogP contribution in [0.5, 0.6) is 0 Å². The van der Waals surface area contributed by atoms with E-state index < -0.39 is 0 Å². The molecule has 0 spiro atoms. The van der Waals surface area contributed by atoms with Crippen molar-refractivity contribution in [2.24, 2.45) is 0 Å². The smallest absolute Gasteiger partial charge is 0.238 e. The van der Waals surface area contributed by atoms with E-state index in [0.717, 1.165) is 23.6 Å². The summed E-state index contributed by atoms with van der Waals surface area (Å²) in [7, 11) is 1.94. The van der Waals surface area contributed by atoms with Gasteiger partial charge in [0.1, 0.15) is 12.4 Å².